The molecule has 0 N–H and O–H groups in total. The lowest BCUT2D eigenvalue weighted by molar-refractivity contribution is -0.739. The van der Waals surface area contributed by atoms with E-state index in [1.807, 2.05) is 29.2 Å². The Morgan fingerprint density at radius 1 is 1.07 bits per heavy atom. The largest absolute Gasteiger partial charge is 1.00 e. The minimum Gasteiger partial charge on any atom is -1.00 e. The van der Waals surface area contributed by atoms with Crippen LogP contribution in [-0.2, 0) is 17.8 Å². The predicted molar refractivity (Wildman–Crippen MR) is 93.7 cm³/mol. The first-order chi connectivity index (χ1) is 12.8. The van der Waals surface area contributed by atoms with Gasteiger partial charge in [-0.25, -0.2) is 4.57 Å². The maximum atomic E-state index is 6.11. The molecule has 27 heavy (non-hydrogen) atoms. The van der Waals surface area contributed by atoms with Crippen molar-refractivity contribution in [1.29, 1.82) is 0 Å². The van der Waals surface area contributed by atoms with Gasteiger partial charge >= 0.3 is 5.82 Å². The third kappa shape index (κ3) is 2.67. The summed E-state index contributed by atoms with van der Waals surface area (Å²) in [6.45, 7) is 0.500. The van der Waals surface area contributed by atoms with E-state index in [4.69, 9.17) is 19.3 Å². The van der Waals surface area contributed by atoms with Gasteiger partial charge in [0.1, 0.15) is 18.8 Å². The summed E-state index contributed by atoms with van der Waals surface area (Å²) in [7, 11) is 3.31. The number of hydrogen-bond acceptors (Lipinski definition) is 4. The zero-order valence-corrected chi connectivity index (χ0v) is 15.9. The van der Waals surface area contributed by atoms with Crippen molar-refractivity contribution in [1.82, 2.24) is 9.78 Å². The molecule has 0 bridgehead atoms. The summed E-state index contributed by atoms with van der Waals surface area (Å²) in [4.78, 5) is 0. The molecule has 2 heterocycles. The van der Waals surface area contributed by atoms with Gasteiger partial charge in [0.2, 0.25) is 12.0 Å². The molecular formula is C20H20ClN3O3. The summed E-state index contributed by atoms with van der Waals surface area (Å²) >= 11 is 0. The molecule has 1 aromatic heterocycles. The smallest absolute Gasteiger partial charge is 0.304 e. The van der Waals surface area contributed by atoms with Gasteiger partial charge in [-0.15, -0.1) is 0 Å². The van der Waals surface area contributed by atoms with E-state index >= 15 is 0 Å². The van der Waals surface area contributed by atoms with Crippen molar-refractivity contribution >= 4 is 0 Å². The fraction of sp³-hybridized carbons (Fsp3) is 0.300. The average Bonchev–Trinajstić information content (AvgIpc) is 3.27. The van der Waals surface area contributed by atoms with Crippen LogP contribution >= 0.6 is 0 Å². The predicted octanol–water partition coefficient (Wildman–Crippen LogP) is -0.775. The second-order valence-electron chi connectivity index (χ2n) is 6.59. The van der Waals surface area contributed by atoms with Crippen molar-refractivity contribution in [2.24, 2.45) is 0 Å². The Morgan fingerprint density at radius 2 is 1.81 bits per heavy atom. The van der Waals surface area contributed by atoms with Gasteiger partial charge in [-0.2, -0.15) is 0 Å². The molecule has 0 amide bonds. The number of ether oxygens (including phenoxy) is 3. The van der Waals surface area contributed by atoms with Gasteiger partial charge in [0.25, 0.3) is 0 Å². The van der Waals surface area contributed by atoms with Crippen LogP contribution in [0.15, 0.2) is 48.8 Å². The molecule has 2 aromatic carbocycles. The Kier molecular flexibility index (Phi) is 4.53. The first-order valence-electron chi connectivity index (χ1n) is 8.70. The Morgan fingerprint density at radius 3 is 2.56 bits per heavy atom. The zero-order valence-electron chi connectivity index (χ0n) is 15.1. The van der Waals surface area contributed by atoms with Crippen LogP contribution < -0.4 is 26.4 Å². The molecule has 1 aliphatic carbocycles. The third-order valence-corrected chi connectivity index (χ3v) is 5.26. The fourth-order valence-electron chi connectivity index (χ4n) is 4.09. The summed E-state index contributed by atoms with van der Waals surface area (Å²) in [5.41, 5.74) is 3.46. The maximum absolute atomic E-state index is 6.11. The molecule has 0 radical (unpaired) electrons. The van der Waals surface area contributed by atoms with Crippen LogP contribution in [-0.4, -0.2) is 30.1 Å². The van der Waals surface area contributed by atoms with Gasteiger partial charge in [-0.05, 0) is 23.3 Å². The van der Waals surface area contributed by atoms with Crippen molar-refractivity contribution < 1.29 is 31.2 Å². The van der Waals surface area contributed by atoms with E-state index in [0.29, 0.717) is 18.1 Å². The molecule has 1 aliphatic heterocycles. The van der Waals surface area contributed by atoms with Gasteiger partial charge in [-0.1, -0.05) is 35.0 Å². The van der Waals surface area contributed by atoms with Crippen LogP contribution in [0.2, 0.25) is 0 Å². The molecule has 7 heteroatoms. The first-order valence-corrected chi connectivity index (χ1v) is 8.70. The van der Waals surface area contributed by atoms with Gasteiger partial charge in [0.05, 0.1) is 14.2 Å². The van der Waals surface area contributed by atoms with E-state index in [0.717, 1.165) is 17.9 Å². The summed E-state index contributed by atoms with van der Waals surface area (Å²) in [6, 6.07) is 14.4. The number of hydrogen-bond donors (Lipinski definition) is 0. The minimum absolute atomic E-state index is 0. The van der Waals surface area contributed by atoms with Crippen molar-refractivity contribution in [3.8, 4) is 17.2 Å². The lowest BCUT2D eigenvalue weighted by Crippen LogP contribution is -3.00. The topological polar surface area (TPSA) is 49.4 Å². The molecule has 3 aromatic rings. The molecule has 2 atom stereocenters. The number of para-hydroxylation sites is 1. The second kappa shape index (κ2) is 6.87. The molecule has 0 spiro atoms. The summed E-state index contributed by atoms with van der Waals surface area (Å²) in [5, 5.41) is 4.77. The Bertz CT molecular complexity index is 966. The fourth-order valence-corrected chi connectivity index (χ4v) is 4.09. The van der Waals surface area contributed by atoms with Crippen LogP contribution in [0, 0.1) is 0 Å². The summed E-state index contributed by atoms with van der Waals surface area (Å²) in [5.74, 6) is 2.33. The van der Waals surface area contributed by atoms with Crippen LogP contribution in [0.1, 0.15) is 23.0 Å². The SMILES string of the molecule is COc1cccc(OC)c1-n1c[n+]2c(n1)CO[C@@H]1Cc3ccccc3[C@@H]12.[Cl-]. The van der Waals surface area contributed by atoms with Crippen LogP contribution in [0.3, 0.4) is 0 Å². The highest BCUT2D eigenvalue weighted by Crippen LogP contribution is 2.37. The first kappa shape index (κ1) is 17.8. The van der Waals surface area contributed by atoms with Crippen molar-refractivity contribution in [3.63, 3.8) is 0 Å². The number of nitrogens with zero attached hydrogens (tertiary/aromatic N) is 3. The normalized spacial score (nSPS) is 19.5. The van der Waals surface area contributed by atoms with Gasteiger partial charge in [-0.3, -0.25) is 0 Å². The quantitative estimate of drug-likeness (QED) is 0.555. The highest BCUT2D eigenvalue weighted by Gasteiger charge is 2.43. The van der Waals surface area contributed by atoms with Gasteiger partial charge in [0, 0.05) is 11.5 Å². The van der Waals surface area contributed by atoms with E-state index < -0.39 is 0 Å². The molecule has 0 fully saturated rings. The van der Waals surface area contributed by atoms with Crippen LogP contribution in [0.25, 0.3) is 5.69 Å². The Hall–Kier alpha value is -2.57. The molecule has 6 nitrogen and oxygen atoms in total. The highest BCUT2D eigenvalue weighted by molar-refractivity contribution is 5.56. The summed E-state index contributed by atoms with van der Waals surface area (Å²) < 4.78 is 21.2. The summed E-state index contributed by atoms with van der Waals surface area (Å²) in [6.07, 6.45) is 3.12. The second-order valence-corrected chi connectivity index (χ2v) is 6.59. The number of halogens is 1. The standard InChI is InChI=1S/C20H20N3O3.ClH/c1-24-15-8-5-9-16(25-2)20(15)23-12-22-18(21-23)11-26-17-10-13-6-3-4-7-14(13)19(17)22;/h3-9,12,17,19H,10-11H2,1-2H3;1H/q+1;/p-1/t17-,19+;/m1./s1. The molecule has 2 aliphatic rings. The van der Waals surface area contributed by atoms with Gasteiger partial charge in [0.15, 0.2) is 11.5 Å². The van der Waals surface area contributed by atoms with E-state index in [1.54, 1.807) is 14.2 Å². The van der Waals surface area contributed by atoms with Crippen LogP contribution in [0.4, 0.5) is 0 Å². The number of fused-ring (bicyclic) bond motifs is 5. The molecule has 0 unspecified atom stereocenters. The maximum Gasteiger partial charge on any atom is 0.304 e. The Labute approximate surface area is 163 Å². The zero-order chi connectivity index (χ0) is 17.7. The monoisotopic (exact) mass is 385 g/mol. The van der Waals surface area contributed by atoms with E-state index in [2.05, 4.69) is 28.8 Å². The van der Waals surface area contributed by atoms with Crippen molar-refractivity contribution in [2.45, 2.75) is 25.2 Å². The highest BCUT2D eigenvalue weighted by atomic mass is 35.5. The molecule has 0 saturated carbocycles. The number of aromatic nitrogens is 3. The lowest BCUT2D eigenvalue weighted by Gasteiger charge is -2.23. The third-order valence-electron chi connectivity index (χ3n) is 5.26. The average molecular weight is 386 g/mol. The van der Waals surface area contributed by atoms with Gasteiger partial charge < -0.3 is 26.6 Å². The number of benzene rings is 2. The van der Waals surface area contributed by atoms with E-state index in [1.165, 1.54) is 11.1 Å². The van der Waals surface area contributed by atoms with E-state index in [9.17, 15) is 0 Å². The number of rotatable bonds is 3. The molecular weight excluding hydrogens is 366 g/mol. The molecule has 5 rings (SSSR count). The lowest BCUT2D eigenvalue weighted by atomic mass is 10.1. The Balaban J connectivity index is 0.00000180. The molecule has 140 valence electrons. The molecule has 0 saturated heterocycles. The minimum atomic E-state index is 0. The van der Waals surface area contributed by atoms with Crippen molar-refractivity contribution in [3.05, 3.63) is 65.7 Å². The van der Waals surface area contributed by atoms with E-state index in [-0.39, 0.29) is 24.6 Å². The van der Waals surface area contributed by atoms with Crippen LogP contribution in [0.5, 0.6) is 11.5 Å². The number of methoxy groups -OCH3 is 2. The van der Waals surface area contributed by atoms with Crippen molar-refractivity contribution in [2.75, 3.05) is 14.2 Å².